The Balaban J connectivity index is 1.68. The second kappa shape index (κ2) is 6.70. The van der Waals surface area contributed by atoms with Crippen molar-refractivity contribution in [1.29, 1.82) is 0 Å². The van der Waals surface area contributed by atoms with Gasteiger partial charge in [-0.3, -0.25) is 4.79 Å². The highest BCUT2D eigenvalue weighted by Crippen LogP contribution is 2.27. The maximum atomic E-state index is 12.2. The maximum Gasteiger partial charge on any atom is 0.195 e. The lowest BCUT2D eigenvalue weighted by atomic mass is 10.2. The zero-order chi connectivity index (χ0) is 14.5. The number of anilines is 1. The van der Waals surface area contributed by atoms with Gasteiger partial charge in [0.05, 0.1) is 23.1 Å². The molecule has 0 amide bonds. The van der Waals surface area contributed by atoms with E-state index >= 15 is 0 Å². The molecular formula is C17H17NO2S. The van der Waals surface area contributed by atoms with Crippen LogP contribution in [0.2, 0.25) is 0 Å². The first-order chi connectivity index (χ1) is 10.3. The fourth-order valence-corrected chi connectivity index (χ4v) is 3.21. The Bertz CT molecular complexity index is 627. The second-order valence-electron chi connectivity index (χ2n) is 4.85. The van der Waals surface area contributed by atoms with Gasteiger partial charge in [-0.15, -0.1) is 11.3 Å². The summed E-state index contributed by atoms with van der Waals surface area (Å²) in [7, 11) is 0. The van der Waals surface area contributed by atoms with Crippen molar-refractivity contribution >= 4 is 28.2 Å². The number of allylic oxidation sites excluding steroid dienone is 1. The number of carbonyl (C=O) groups excluding carboxylic acids is 1. The minimum Gasteiger partial charge on any atom is -0.378 e. The van der Waals surface area contributed by atoms with E-state index in [0.717, 1.165) is 41.7 Å². The summed E-state index contributed by atoms with van der Waals surface area (Å²) < 4.78 is 5.35. The van der Waals surface area contributed by atoms with E-state index in [4.69, 9.17) is 4.74 Å². The number of carbonyl (C=O) groups is 1. The van der Waals surface area contributed by atoms with E-state index in [1.54, 1.807) is 17.4 Å². The Morgan fingerprint density at radius 2 is 1.86 bits per heavy atom. The SMILES string of the molecule is O=C(/C=C/c1ccccc1)c1ccc(N2CCOCC2)s1. The average molecular weight is 299 g/mol. The quantitative estimate of drug-likeness (QED) is 0.639. The molecule has 0 N–H and O–H groups in total. The highest BCUT2D eigenvalue weighted by molar-refractivity contribution is 7.18. The molecule has 1 aromatic carbocycles. The number of ketones is 1. The Kier molecular flexibility index (Phi) is 4.48. The molecule has 2 heterocycles. The van der Waals surface area contributed by atoms with Crippen LogP contribution >= 0.6 is 11.3 Å². The predicted molar refractivity (Wildman–Crippen MR) is 87.2 cm³/mol. The van der Waals surface area contributed by atoms with E-state index in [9.17, 15) is 4.79 Å². The molecule has 108 valence electrons. The van der Waals surface area contributed by atoms with Gasteiger partial charge in [0.15, 0.2) is 5.78 Å². The van der Waals surface area contributed by atoms with E-state index < -0.39 is 0 Å². The van der Waals surface area contributed by atoms with Crippen LogP contribution in [0.5, 0.6) is 0 Å². The smallest absolute Gasteiger partial charge is 0.195 e. The summed E-state index contributed by atoms with van der Waals surface area (Å²) in [5.74, 6) is 0.0587. The van der Waals surface area contributed by atoms with Crippen LogP contribution in [0.3, 0.4) is 0 Å². The van der Waals surface area contributed by atoms with E-state index in [0.29, 0.717) is 0 Å². The number of hydrogen-bond donors (Lipinski definition) is 0. The molecule has 3 rings (SSSR count). The molecule has 1 saturated heterocycles. The van der Waals surface area contributed by atoms with Gasteiger partial charge in [-0.2, -0.15) is 0 Å². The van der Waals surface area contributed by atoms with Crippen LogP contribution in [-0.4, -0.2) is 32.1 Å². The molecule has 1 aliphatic rings. The molecule has 3 nitrogen and oxygen atoms in total. The topological polar surface area (TPSA) is 29.5 Å². The van der Waals surface area contributed by atoms with Crippen LogP contribution in [0.15, 0.2) is 48.5 Å². The minimum absolute atomic E-state index is 0.0587. The van der Waals surface area contributed by atoms with Crippen molar-refractivity contribution in [3.63, 3.8) is 0 Å². The van der Waals surface area contributed by atoms with Crippen LogP contribution in [0, 0.1) is 0 Å². The van der Waals surface area contributed by atoms with Crippen molar-refractivity contribution in [2.45, 2.75) is 0 Å². The molecule has 0 bridgehead atoms. The number of nitrogens with zero attached hydrogens (tertiary/aromatic N) is 1. The Morgan fingerprint density at radius 3 is 2.62 bits per heavy atom. The number of morpholine rings is 1. The molecule has 0 saturated carbocycles. The van der Waals surface area contributed by atoms with Crippen LogP contribution in [-0.2, 0) is 4.74 Å². The standard InChI is InChI=1S/C17H17NO2S/c19-15(7-6-14-4-2-1-3-5-14)16-8-9-17(21-16)18-10-12-20-13-11-18/h1-9H,10-13H2/b7-6+. The molecular weight excluding hydrogens is 282 g/mol. The molecule has 1 aromatic heterocycles. The molecule has 4 heteroatoms. The summed E-state index contributed by atoms with van der Waals surface area (Å²) in [6, 6.07) is 13.8. The van der Waals surface area contributed by atoms with Crippen LogP contribution in [0.25, 0.3) is 6.08 Å². The van der Waals surface area contributed by atoms with Gasteiger partial charge in [0, 0.05) is 13.1 Å². The fourth-order valence-electron chi connectivity index (χ4n) is 2.23. The summed E-state index contributed by atoms with van der Waals surface area (Å²) in [6.07, 6.45) is 3.50. The van der Waals surface area contributed by atoms with E-state index in [-0.39, 0.29) is 5.78 Å². The molecule has 21 heavy (non-hydrogen) atoms. The van der Waals surface area contributed by atoms with Gasteiger partial charge in [-0.1, -0.05) is 36.4 Å². The van der Waals surface area contributed by atoms with E-state index in [1.165, 1.54) is 0 Å². The van der Waals surface area contributed by atoms with Crippen LogP contribution in [0.1, 0.15) is 15.2 Å². The van der Waals surface area contributed by atoms with Crippen molar-refractivity contribution in [3.05, 3.63) is 59.0 Å². The normalized spacial score (nSPS) is 15.5. The number of thiophene rings is 1. The summed E-state index contributed by atoms with van der Waals surface area (Å²) in [5, 5.41) is 1.15. The molecule has 1 fully saturated rings. The minimum atomic E-state index is 0.0587. The number of rotatable bonds is 4. The van der Waals surface area contributed by atoms with Crippen molar-refractivity contribution in [2.24, 2.45) is 0 Å². The summed E-state index contributed by atoms with van der Waals surface area (Å²) >= 11 is 1.55. The zero-order valence-electron chi connectivity index (χ0n) is 11.7. The summed E-state index contributed by atoms with van der Waals surface area (Å²) in [4.78, 5) is 15.2. The van der Waals surface area contributed by atoms with Crippen molar-refractivity contribution in [3.8, 4) is 0 Å². The average Bonchev–Trinajstić information content (AvgIpc) is 3.04. The second-order valence-corrected chi connectivity index (χ2v) is 5.91. The summed E-state index contributed by atoms with van der Waals surface area (Å²) in [6.45, 7) is 3.31. The van der Waals surface area contributed by atoms with Gasteiger partial charge in [0.1, 0.15) is 0 Å². The number of ether oxygens (including phenoxy) is 1. The molecule has 0 unspecified atom stereocenters. The third-order valence-electron chi connectivity index (χ3n) is 3.38. The van der Waals surface area contributed by atoms with Crippen molar-refractivity contribution in [1.82, 2.24) is 0 Å². The first-order valence-corrected chi connectivity index (χ1v) is 7.84. The summed E-state index contributed by atoms with van der Waals surface area (Å²) in [5.41, 5.74) is 1.04. The van der Waals surface area contributed by atoms with Gasteiger partial charge in [0.25, 0.3) is 0 Å². The lowest BCUT2D eigenvalue weighted by molar-refractivity contribution is 0.105. The Morgan fingerprint density at radius 1 is 1.10 bits per heavy atom. The first-order valence-electron chi connectivity index (χ1n) is 7.03. The molecule has 2 aromatic rings. The van der Waals surface area contributed by atoms with Gasteiger partial charge >= 0.3 is 0 Å². The monoisotopic (exact) mass is 299 g/mol. The third-order valence-corrected chi connectivity index (χ3v) is 4.54. The fraction of sp³-hybridized carbons (Fsp3) is 0.235. The lowest BCUT2D eigenvalue weighted by Crippen LogP contribution is -2.35. The van der Waals surface area contributed by atoms with Crippen molar-refractivity contribution < 1.29 is 9.53 Å². The highest BCUT2D eigenvalue weighted by Gasteiger charge is 2.14. The molecule has 0 atom stereocenters. The Hall–Kier alpha value is -1.91. The first kappa shape index (κ1) is 14.0. The van der Waals surface area contributed by atoms with Crippen LogP contribution < -0.4 is 4.90 Å². The van der Waals surface area contributed by atoms with Gasteiger partial charge < -0.3 is 9.64 Å². The van der Waals surface area contributed by atoms with Crippen molar-refractivity contribution in [2.75, 3.05) is 31.2 Å². The highest BCUT2D eigenvalue weighted by atomic mass is 32.1. The predicted octanol–water partition coefficient (Wildman–Crippen LogP) is 3.48. The molecule has 1 aliphatic heterocycles. The van der Waals surface area contributed by atoms with Gasteiger partial charge in [-0.25, -0.2) is 0 Å². The van der Waals surface area contributed by atoms with Gasteiger partial charge in [0.2, 0.25) is 0 Å². The largest absolute Gasteiger partial charge is 0.378 e. The molecule has 0 aliphatic carbocycles. The maximum absolute atomic E-state index is 12.2. The van der Waals surface area contributed by atoms with Gasteiger partial charge in [-0.05, 0) is 23.8 Å². The molecule has 0 radical (unpaired) electrons. The lowest BCUT2D eigenvalue weighted by Gasteiger charge is -2.27. The molecule has 0 spiro atoms. The van der Waals surface area contributed by atoms with E-state index in [1.807, 2.05) is 48.5 Å². The Labute approximate surface area is 128 Å². The third kappa shape index (κ3) is 3.60. The number of benzene rings is 1. The van der Waals surface area contributed by atoms with E-state index in [2.05, 4.69) is 4.90 Å². The zero-order valence-corrected chi connectivity index (χ0v) is 12.5. The number of hydrogen-bond acceptors (Lipinski definition) is 4. The van der Waals surface area contributed by atoms with Crippen LogP contribution in [0.4, 0.5) is 5.00 Å².